The number of unbranched alkanes of at least 4 members (excludes halogenated alkanes) is 20. The fraction of sp³-hybridized carbons (Fsp3) is 0.719. The Morgan fingerprint density at radius 1 is 0.342 bits per heavy atom. The van der Waals surface area contributed by atoms with Gasteiger partial charge in [-0.2, -0.15) is 17.5 Å². The Morgan fingerprint density at radius 2 is 0.605 bits per heavy atom. The van der Waals surface area contributed by atoms with E-state index in [1.807, 2.05) is 0 Å². The lowest BCUT2D eigenvalue weighted by molar-refractivity contribution is 0.00578. The number of fused-ring (bicyclic) bond motifs is 10. The smallest absolute Gasteiger partial charge is 0.399 e. The van der Waals surface area contributed by atoms with Gasteiger partial charge in [-0.15, -0.1) is 0 Å². The van der Waals surface area contributed by atoms with Gasteiger partial charge in [-0.25, -0.2) is 0 Å². The molecule has 0 radical (unpaired) electrons. The highest BCUT2D eigenvalue weighted by Gasteiger charge is 2.56. The van der Waals surface area contributed by atoms with Crippen molar-refractivity contribution in [1.82, 2.24) is 17.5 Å². The number of benzene rings is 3. The third kappa shape index (κ3) is 11.0. The SMILES string of the molecule is CCCCCCCCC1(CCCCCCCC)c2cc3c(cc2-c2c1cc(B1OC(C)(C)C(C)(C)O1)c1nsnc21)C(CCCCCCCC)(CCCCCCCC)c1cc(B2OC(C)(C)C(C)(C)O2)c2nsnc2c1-3. The Hall–Kier alpha value is -2.73. The zero-order valence-corrected chi connectivity index (χ0v) is 51.1. The maximum Gasteiger partial charge on any atom is 0.497 e. The lowest BCUT2D eigenvalue weighted by Crippen LogP contribution is -2.41. The van der Waals surface area contributed by atoms with E-state index in [0.717, 1.165) is 58.7 Å². The molecular formula is C64H96B2N4O4S2. The summed E-state index contributed by atoms with van der Waals surface area (Å²) < 4.78 is 48.9. The molecule has 0 unspecified atom stereocenters. The molecule has 2 saturated heterocycles. The Balaban J connectivity index is 1.29. The summed E-state index contributed by atoms with van der Waals surface area (Å²) in [5.41, 5.74) is 14.8. The summed E-state index contributed by atoms with van der Waals surface area (Å²) in [5, 5.41) is 0. The van der Waals surface area contributed by atoms with Crippen molar-refractivity contribution in [3.63, 3.8) is 0 Å². The number of hydrogen-bond donors (Lipinski definition) is 0. The molecule has 0 bridgehead atoms. The Kier molecular flexibility index (Phi) is 18.4. The Morgan fingerprint density at radius 3 is 0.895 bits per heavy atom. The molecule has 0 amide bonds. The van der Waals surface area contributed by atoms with Gasteiger partial charge in [-0.05, 0) is 127 Å². The summed E-state index contributed by atoms with van der Waals surface area (Å²) in [5.74, 6) is 0. The maximum absolute atomic E-state index is 6.96. The van der Waals surface area contributed by atoms with E-state index in [1.165, 1.54) is 222 Å². The lowest BCUT2D eigenvalue weighted by atomic mass is 9.67. The van der Waals surface area contributed by atoms with Crippen LogP contribution in [0, 0.1) is 0 Å². The van der Waals surface area contributed by atoms with Crippen LogP contribution in [0.3, 0.4) is 0 Å². The first kappa shape index (κ1) is 57.9. The molecule has 0 atom stereocenters. The van der Waals surface area contributed by atoms with E-state index >= 15 is 0 Å². The molecule has 2 aliphatic carbocycles. The number of rotatable bonds is 30. The van der Waals surface area contributed by atoms with Crippen LogP contribution in [0.25, 0.3) is 44.3 Å². The van der Waals surface area contributed by atoms with Gasteiger partial charge in [0.25, 0.3) is 0 Å². The van der Waals surface area contributed by atoms with E-state index in [1.54, 1.807) is 0 Å². The van der Waals surface area contributed by atoms with Crippen LogP contribution >= 0.6 is 23.5 Å². The zero-order valence-electron chi connectivity index (χ0n) is 49.5. The van der Waals surface area contributed by atoms with Crippen molar-refractivity contribution in [1.29, 1.82) is 0 Å². The van der Waals surface area contributed by atoms with Crippen LogP contribution in [0.5, 0.6) is 0 Å². The number of aromatic nitrogens is 4. The third-order valence-electron chi connectivity index (χ3n) is 19.7. The third-order valence-corrected chi connectivity index (χ3v) is 20.8. The molecule has 4 heterocycles. The molecular weight excluding hydrogens is 974 g/mol. The minimum atomic E-state index is -0.533. The minimum absolute atomic E-state index is 0.225. The molecule has 0 spiro atoms. The molecule has 2 aromatic heterocycles. The van der Waals surface area contributed by atoms with Crippen LogP contribution in [-0.2, 0) is 29.4 Å². The first-order valence-corrected chi connectivity index (χ1v) is 32.5. The predicted molar refractivity (Wildman–Crippen MR) is 324 cm³/mol. The highest BCUT2D eigenvalue weighted by molar-refractivity contribution is 7.00. The zero-order chi connectivity index (χ0) is 53.9. The first-order chi connectivity index (χ1) is 36.5. The monoisotopic (exact) mass is 1070 g/mol. The Labute approximate surface area is 469 Å². The molecule has 12 heteroatoms. The fourth-order valence-electron chi connectivity index (χ4n) is 13.8. The maximum atomic E-state index is 6.96. The average molecular weight is 1070 g/mol. The van der Waals surface area contributed by atoms with Crippen molar-refractivity contribution in [3.05, 3.63) is 46.5 Å². The van der Waals surface area contributed by atoms with Crippen LogP contribution in [0.15, 0.2) is 24.3 Å². The normalized spacial score (nSPS) is 19.1. The number of nitrogens with zero attached hydrogens (tertiary/aromatic N) is 4. The lowest BCUT2D eigenvalue weighted by Gasteiger charge is -2.35. The van der Waals surface area contributed by atoms with Gasteiger partial charge in [-0.1, -0.05) is 194 Å². The summed E-state index contributed by atoms with van der Waals surface area (Å²) in [6, 6.07) is 10.5. The highest BCUT2D eigenvalue weighted by Crippen LogP contribution is 2.63. The van der Waals surface area contributed by atoms with Gasteiger partial charge in [0.15, 0.2) is 0 Å². The summed E-state index contributed by atoms with van der Waals surface area (Å²) in [7, 11) is -1.07. The highest BCUT2D eigenvalue weighted by atomic mass is 32.1. The molecule has 3 aromatic carbocycles. The van der Waals surface area contributed by atoms with E-state index in [9.17, 15) is 0 Å². The molecule has 0 N–H and O–H groups in total. The van der Waals surface area contributed by atoms with Crippen molar-refractivity contribution in [3.8, 4) is 22.3 Å². The second-order valence-electron chi connectivity index (χ2n) is 26.1. The van der Waals surface area contributed by atoms with Crippen LogP contribution in [0.4, 0.5) is 0 Å². The van der Waals surface area contributed by atoms with Crippen molar-refractivity contribution in [2.24, 2.45) is 0 Å². The number of hydrogen-bond acceptors (Lipinski definition) is 10. The van der Waals surface area contributed by atoms with Crippen LogP contribution < -0.4 is 10.9 Å². The minimum Gasteiger partial charge on any atom is -0.399 e. The molecule has 9 rings (SSSR count). The molecule has 76 heavy (non-hydrogen) atoms. The van der Waals surface area contributed by atoms with E-state index in [-0.39, 0.29) is 10.8 Å². The fourth-order valence-corrected chi connectivity index (χ4v) is 14.9. The summed E-state index contributed by atoms with van der Waals surface area (Å²) in [6.45, 7) is 26.7. The van der Waals surface area contributed by atoms with Gasteiger partial charge in [0.1, 0.15) is 22.1 Å². The summed E-state index contributed by atoms with van der Waals surface area (Å²) in [4.78, 5) is 0. The summed E-state index contributed by atoms with van der Waals surface area (Å²) in [6.07, 6.45) is 34.7. The second kappa shape index (κ2) is 24.2. The van der Waals surface area contributed by atoms with Crippen LogP contribution in [0.2, 0.25) is 0 Å². The van der Waals surface area contributed by atoms with E-state index < -0.39 is 36.6 Å². The largest absolute Gasteiger partial charge is 0.497 e. The van der Waals surface area contributed by atoms with Crippen LogP contribution in [0.1, 0.15) is 285 Å². The average Bonchev–Trinajstić information content (AvgIpc) is 4.43. The van der Waals surface area contributed by atoms with Crippen molar-refractivity contribution in [2.45, 2.75) is 296 Å². The molecule has 8 nitrogen and oxygen atoms in total. The van der Waals surface area contributed by atoms with Gasteiger partial charge in [0.05, 0.1) is 45.9 Å². The van der Waals surface area contributed by atoms with Crippen molar-refractivity contribution >= 4 is 70.7 Å². The molecule has 2 aliphatic heterocycles. The molecule has 414 valence electrons. The van der Waals surface area contributed by atoms with Gasteiger partial charge in [0.2, 0.25) is 0 Å². The molecule has 4 aliphatic rings. The van der Waals surface area contributed by atoms with Gasteiger partial charge < -0.3 is 18.6 Å². The van der Waals surface area contributed by atoms with Gasteiger partial charge in [0, 0.05) is 32.9 Å². The van der Waals surface area contributed by atoms with E-state index in [2.05, 4.69) is 107 Å². The molecule has 2 fully saturated rings. The van der Waals surface area contributed by atoms with Gasteiger partial charge >= 0.3 is 14.2 Å². The predicted octanol–water partition coefficient (Wildman–Crippen LogP) is 17.8. The second-order valence-corrected chi connectivity index (χ2v) is 27.1. The van der Waals surface area contributed by atoms with E-state index in [4.69, 9.17) is 36.1 Å². The van der Waals surface area contributed by atoms with Crippen molar-refractivity contribution < 1.29 is 18.6 Å². The Bertz CT molecular complexity index is 2510. The topological polar surface area (TPSA) is 88.5 Å². The standard InChI is InChI=1S/C64H96B2N4O4S2/c1-13-17-21-25-29-33-37-63(38-34-30-26-22-18-14-2)47-41-46-48(42-45(47)53-49(63)43-51(55-57(53)69-75-67-55)65-71-59(5,6)60(7,8)72-65)64(39-35-31-27-23-19-15-3,40-36-32-28-24-20-16-4)50-44-52(56-58(54(46)50)70-76-68-56)66-73-61(9,10)62(11,12)74-66/h41-44H,13-40H2,1-12H3. The molecule has 0 saturated carbocycles. The quantitative estimate of drug-likeness (QED) is 0.0332. The van der Waals surface area contributed by atoms with Crippen molar-refractivity contribution in [2.75, 3.05) is 0 Å². The molecule has 5 aromatic rings. The van der Waals surface area contributed by atoms with Gasteiger partial charge in [-0.3, -0.25) is 0 Å². The first-order valence-electron chi connectivity index (χ1n) is 31.0. The summed E-state index contributed by atoms with van der Waals surface area (Å²) >= 11 is 2.69. The van der Waals surface area contributed by atoms with Crippen LogP contribution in [-0.4, -0.2) is 54.1 Å². The van der Waals surface area contributed by atoms with E-state index in [0.29, 0.717) is 0 Å².